The molecule has 0 aliphatic rings. The Morgan fingerprint density at radius 3 is 2.18 bits per heavy atom. The highest BCUT2D eigenvalue weighted by atomic mass is 16.4. The summed E-state index contributed by atoms with van der Waals surface area (Å²) in [4.78, 5) is 56.4. The van der Waals surface area contributed by atoms with Gasteiger partial charge in [0.2, 0.25) is 17.7 Å². The van der Waals surface area contributed by atoms with Gasteiger partial charge < -0.3 is 42.6 Å². The molecule has 0 aromatic carbocycles. The quantitative estimate of drug-likeness (QED) is 0.129. The first-order valence-electron chi connectivity index (χ1n) is 11.2. The number of hydrogen-bond acceptors (Lipinski definition) is 8. The molecule has 0 saturated carbocycles. The molecule has 5 atom stereocenters. The number of rotatable bonds is 15. The summed E-state index contributed by atoms with van der Waals surface area (Å²) in [6, 6.07) is -4.66. The lowest BCUT2D eigenvalue weighted by Gasteiger charge is -2.27. The number of H-pyrrole nitrogens is 1. The minimum absolute atomic E-state index is 0.0188. The Labute approximate surface area is 198 Å². The number of aliphatic hydroxyl groups is 1. The third-order valence-corrected chi connectivity index (χ3v) is 5.21. The van der Waals surface area contributed by atoms with Gasteiger partial charge in [-0.1, -0.05) is 20.3 Å². The Kier molecular flexibility index (Phi) is 12.2. The maximum absolute atomic E-state index is 13.0. The van der Waals surface area contributed by atoms with Gasteiger partial charge in [0.15, 0.2) is 0 Å². The topological polar surface area (TPSA) is 226 Å². The van der Waals surface area contributed by atoms with Gasteiger partial charge in [0.1, 0.15) is 18.1 Å². The van der Waals surface area contributed by atoms with Gasteiger partial charge in [-0.2, -0.15) is 0 Å². The van der Waals surface area contributed by atoms with Crippen molar-refractivity contribution >= 4 is 23.7 Å². The zero-order valence-corrected chi connectivity index (χ0v) is 19.8. The number of nitrogens with zero attached hydrogens (tertiary/aromatic N) is 1. The molecule has 0 bridgehead atoms. The van der Waals surface area contributed by atoms with Crippen LogP contribution in [-0.4, -0.2) is 80.7 Å². The fourth-order valence-electron chi connectivity index (χ4n) is 3.16. The predicted molar refractivity (Wildman–Crippen MR) is 123 cm³/mol. The molecular formula is C21H37N7O6. The first-order chi connectivity index (χ1) is 16.0. The van der Waals surface area contributed by atoms with E-state index in [0.29, 0.717) is 31.5 Å². The van der Waals surface area contributed by atoms with Crippen LogP contribution in [0.2, 0.25) is 0 Å². The van der Waals surface area contributed by atoms with Crippen molar-refractivity contribution < 1.29 is 29.4 Å². The SMILES string of the molecule is CC(C)C(NC(=O)C(NC(=O)C(Cc1cnc[nH]1)NC(=O)C(N)CCCCN)C(C)O)C(=O)O. The molecule has 0 aliphatic carbocycles. The van der Waals surface area contributed by atoms with Gasteiger partial charge in [0, 0.05) is 18.3 Å². The van der Waals surface area contributed by atoms with Gasteiger partial charge in [0.05, 0.1) is 18.5 Å². The van der Waals surface area contributed by atoms with E-state index in [4.69, 9.17) is 11.5 Å². The number of nitrogens with one attached hydrogen (secondary N) is 4. The van der Waals surface area contributed by atoms with Crippen LogP contribution in [0, 0.1) is 5.92 Å². The summed E-state index contributed by atoms with van der Waals surface area (Å²) in [6.45, 7) is 4.98. The molecule has 0 fully saturated rings. The molecule has 13 heteroatoms. The van der Waals surface area contributed by atoms with Crippen LogP contribution in [0.25, 0.3) is 0 Å². The van der Waals surface area contributed by atoms with Gasteiger partial charge in [-0.3, -0.25) is 14.4 Å². The lowest BCUT2D eigenvalue weighted by Crippen LogP contribution is -2.60. The summed E-state index contributed by atoms with van der Waals surface area (Å²) in [5.74, 6) is -3.85. The number of carboxylic acid groups (broad SMARTS) is 1. The highest BCUT2D eigenvalue weighted by molar-refractivity contribution is 5.94. The average Bonchev–Trinajstić information content (AvgIpc) is 3.27. The molecule has 0 saturated heterocycles. The Morgan fingerprint density at radius 2 is 1.68 bits per heavy atom. The second kappa shape index (κ2) is 14.3. The minimum Gasteiger partial charge on any atom is -0.480 e. The van der Waals surface area contributed by atoms with E-state index in [2.05, 4.69) is 25.9 Å². The fraction of sp³-hybridized carbons (Fsp3) is 0.667. The molecule has 1 aromatic rings. The second-order valence-electron chi connectivity index (χ2n) is 8.53. The maximum atomic E-state index is 13.0. The van der Waals surface area contributed by atoms with Crippen LogP contribution in [0.5, 0.6) is 0 Å². The van der Waals surface area contributed by atoms with Crippen molar-refractivity contribution in [3.05, 3.63) is 18.2 Å². The highest BCUT2D eigenvalue weighted by Crippen LogP contribution is 2.06. The molecule has 13 nitrogen and oxygen atoms in total. The maximum Gasteiger partial charge on any atom is 0.326 e. The van der Waals surface area contributed by atoms with Crippen LogP contribution in [0.3, 0.4) is 0 Å². The Balaban J connectivity index is 2.97. The number of carboxylic acids is 1. The number of aromatic amines is 1. The number of unbranched alkanes of at least 4 members (excludes halogenated alkanes) is 1. The van der Waals surface area contributed by atoms with Crippen LogP contribution in [0.1, 0.15) is 45.7 Å². The molecule has 0 spiro atoms. The van der Waals surface area contributed by atoms with Crippen molar-refractivity contribution in [3.8, 4) is 0 Å². The summed E-state index contributed by atoms with van der Waals surface area (Å²) in [5, 5.41) is 26.7. The zero-order valence-electron chi connectivity index (χ0n) is 19.8. The smallest absolute Gasteiger partial charge is 0.326 e. The highest BCUT2D eigenvalue weighted by Gasteiger charge is 2.33. The van der Waals surface area contributed by atoms with Crippen LogP contribution in [0.15, 0.2) is 12.5 Å². The lowest BCUT2D eigenvalue weighted by molar-refractivity contribution is -0.144. The number of aliphatic hydroxyl groups excluding tert-OH is 1. The van der Waals surface area contributed by atoms with Crippen molar-refractivity contribution in [1.82, 2.24) is 25.9 Å². The Hall–Kier alpha value is -3.03. The van der Waals surface area contributed by atoms with Crippen LogP contribution in [-0.2, 0) is 25.6 Å². The van der Waals surface area contributed by atoms with E-state index in [1.54, 1.807) is 13.8 Å². The summed E-state index contributed by atoms with van der Waals surface area (Å²) in [5.41, 5.74) is 11.9. The van der Waals surface area contributed by atoms with Crippen molar-refractivity contribution in [2.75, 3.05) is 6.54 Å². The Morgan fingerprint density at radius 1 is 1.03 bits per heavy atom. The number of nitrogens with two attached hydrogens (primary N) is 2. The van der Waals surface area contributed by atoms with E-state index in [9.17, 15) is 29.4 Å². The first-order valence-corrected chi connectivity index (χ1v) is 11.2. The number of carbonyl (C=O) groups is 4. The predicted octanol–water partition coefficient (Wildman–Crippen LogP) is -2.02. The van der Waals surface area contributed by atoms with Gasteiger partial charge in [-0.05, 0) is 32.2 Å². The van der Waals surface area contributed by atoms with Gasteiger partial charge in [-0.25, -0.2) is 9.78 Å². The number of imidazole rings is 1. The fourth-order valence-corrected chi connectivity index (χ4v) is 3.16. The molecule has 1 heterocycles. The number of hydrogen-bond donors (Lipinski definition) is 8. The summed E-state index contributed by atoms with van der Waals surface area (Å²) >= 11 is 0. The van der Waals surface area contributed by atoms with Crippen LogP contribution < -0.4 is 27.4 Å². The summed E-state index contributed by atoms with van der Waals surface area (Å²) in [6.07, 6.45) is 3.30. The average molecular weight is 484 g/mol. The minimum atomic E-state index is -1.45. The van der Waals surface area contributed by atoms with Crippen molar-refractivity contribution in [1.29, 1.82) is 0 Å². The third-order valence-electron chi connectivity index (χ3n) is 5.21. The third kappa shape index (κ3) is 9.45. The molecule has 1 aromatic heterocycles. The number of aromatic nitrogens is 2. The van der Waals surface area contributed by atoms with E-state index in [1.807, 2.05) is 0 Å². The van der Waals surface area contributed by atoms with Crippen molar-refractivity contribution in [2.45, 2.75) is 76.7 Å². The molecule has 192 valence electrons. The molecule has 0 radical (unpaired) electrons. The summed E-state index contributed by atoms with van der Waals surface area (Å²) in [7, 11) is 0. The van der Waals surface area contributed by atoms with E-state index < -0.39 is 59.9 Å². The standard InChI is InChI=1S/C21H37N7O6/c1-11(2)16(21(33)34)27-20(32)17(12(3)29)28-19(31)15(8-13-9-24-10-25-13)26-18(30)14(23)6-4-5-7-22/h9-12,14-17,29H,4-8,22-23H2,1-3H3,(H,24,25)(H,26,30)(H,27,32)(H,28,31)(H,33,34). The molecule has 34 heavy (non-hydrogen) atoms. The van der Waals surface area contributed by atoms with Gasteiger partial charge >= 0.3 is 5.97 Å². The molecule has 5 unspecified atom stereocenters. The van der Waals surface area contributed by atoms with E-state index in [-0.39, 0.29) is 6.42 Å². The number of aliphatic carboxylic acids is 1. The van der Waals surface area contributed by atoms with E-state index in [0.717, 1.165) is 0 Å². The molecule has 1 rings (SSSR count). The van der Waals surface area contributed by atoms with Gasteiger partial charge in [0.25, 0.3) is 0 Å². The lowest BCUT2D eigenvalue weighted by atomic mass is 10.0. The van der Waals surface area contributed by atoms with Crippen LogP contribution >= 0.6 is 0 Å². The Bertz CT molecular complexity index is 800. The van der Waals surface area contributed by atoms with Crippen molar-refractivity contribution in [2.24, 2.45) is 17.4 Å². The zero-order chi connectivity index (χ0) is 25.8. The monoisotopic (exact) mass is 483 g/mol. The normalized spacial score (nSPS) is 15.6. The molecular weight excluding hydrogens is 446 g/mol. The van der Waals surface area contributed by atoms with Gasteiger partial charge in [-0.15, -0.1) is 0 Å². The van der Waals surface area contributed by atoms with E-state index >= 15 is 0 Å². The molecule has 3 amide bonds. The second-order valence-corrected chi connectivity index (χ2v) is 8.53. The summed E-state index contributed by atoms with van der Waals surface area (Å²) < 4.78 is 0. The molecule has 0 aliphatic heterocycles. The number of amides is 3. The number of carbonyl (C=O) groups excluding carboxylic acids is 3. The first kappa shape index (κ1) is 29.0. The molecule has 10 N–H and O–H groups in total. The van der Waals surface area contributed by atoms with Crippen molar-refractivity contribution in [3.63, 3.8) is 0 Å². The largest absolute Gasteiger partial charge is 0.480 e. The van der Waals surface area contributed by atoms with E-state index in [1.165, 1.54) is 19.4 Å². The van der Waals surface area contributed by atoms with Crippen LogP contribution in [0.4, 0.5) is 0 Å².